The second-order valence-corrected chi connectivity index (χ2v) is 6.20. The standard InChI is InChI=1S/C18H25N5/c1-3-16-13(2)21-17(15-5-4-8-20-12-15)22-18(16)23-9-6-14(11-19)7-10-23/h4-5,8,12,14H,3,6-7,9-11,19H2,1-2H3. The molecule has 0 amide bonds. The van der Waals surface area contributed by atoms with Gasteiger partial charge in [-0.1, -0.05) is 6.92 Å². The fraction of sp³-hybridized carbons (Fsp3) is 0.500. The monoisotopic (exact) mass is 311 g/mol. The van der Waals surface area contributed by atoms with E-state index in [1.54, 1.807) is 6.20 Å². The van der Waals surface area contributed by atoms with Crippen LogP contribution in [0.1, 0.15) is 31.0 Å². The Balaban J connectivity index is 1.96. The molecule has 122 valence electrons. The summed E-state index contributed by atoms with van der Waals surface area (Å²) in [7, 11) is 0. The number of piperidine rings is 1. The van der Waals surface area contributed by atoms with Crippen LogP contribution in [0, 0.1) is 12.8 Å². The van der Waals surface area contributed by atoms with Gasteiger partial charge in [-0.15, -0.1) is 0 Å². The first kappa shape index (κ1) is 15.9. The first-order chi connectivity index (χ1) is 11.2. The summed E-state index contributed by atoms with van der Waals surface area (Å²) >= 11 is 0. The van der Waals surface area contributed by atoms with Gasteiger partial charge in [0, 0.05) is 42.3 Å². The normalized spacial score (nSPS) is 15.9. The Bertz CT molecular complexity index is 648. The van der Waals surface area contributed by atoms with Gasteiger partial charge in [0.05, 0.1) is 0 Å². The van der Waals surface area contributed by atoms with E-state index in [9.17, 15) is 0 Å². The second kappa shape index (κ2) is 7.04. The average molecular weight is 311 g/mol. The zero-order valence-electron chi connectivity index (χ0n) is 14.0. The smallest absolute Gasteiger partial charge is 0.163 e. The maximum Gasteiger partial charge on any atom is 0.163 e. The number of nitrogens with two attached hydrogens (primary N) is 1. The largest absolute Gasteiger partial charge is 0.356 e. The third-order valence-electron chi connectivity index (χ3n) is 4.71. The van der Waals surface area contributed by atoms with Crippen LogP contribution in [-0.4, -0.2) is 34.6 Å². The molecule has 1 saturated heterocycles. The van der Waals surface area contributed by atoms with E-state index in [0.717, 1.165) is 61.8 Å². The highest BCUT2D eigenvalue weighted by atomic mass is 15.2. The summed E-state index contributed by atoms with van der Waals surface area (Å²) in [6.45, 7) is 7.09. The van der Waals surface area contributed by atoms with Crippen molar-refractivity contribution in [2.24, 2.45) is 11.7 Å². The molecule has 0 aromatic carbocycles. The molecule has 1 aliphatic heterocycles. The molecular formula is C18H25N5. The van der Waals surface area contributed by atoms with E-state index in [2.05, 4.69) is 23.7 Å². The van der Waals surface area contributed by atoms with Crippen molar-refractivity contribution in [1.29, 1.82) is 0 Å². The molecule has 0 unspecified atom stereocenters. The van der Waals surface area contributed by atoms with Gasteiger partial charge in [-0.2, -0.15) is 0 Å². The Morgan fingerprint density at radius 2 is 2.04 bits per heavy atom. The summed E-state index contributed by atoms with van der Waals surface area (Å²) in [5.41, 5.74) is 9.11. The van der Waals surface area contributed by atoms with E-state index in [-0.39, 0.29) is 0 Å². The molecule has 3 rings (SSSR count). The van der Waals surface area contributed by atoms with Gasteiger partial charge in [-0.3, -0.25) is 4.98 Å². The minimum absolute atomic E-state index is 0.650. The van der Waals surface area contributed by atoms with Crippen molar-refractivity contribution in [1.82, 2.24) is 15.0 Å². The summed E-state index contributed by atoms with van der Waals surface area (Å²) < 4.78 is 0. The average Bonchev–Trinajstić information content (AvgIpc) is 2.62. The van der Waals surface area contributed by atoms with Crippen LogP contribution in [0.25, 0.3) is 11.4 Å². The van der Waals surface area contributed by atoms with Gasteiger partial charge in [0.1, 0.15) is 5.82 Å². The summed E-state index contributed by atoms with van der Waals surface area (Å²) in [6, 6.07) is 3.94. The molecule has 0 spiro atoms. The quantitative estimate of drug-likeness (QED) is 0.940. The topological polar surface area (TPSA) is 67.9 Å². The van der Waals surface area contributed by atoms with E-state index >= 15 is 0 Å². The fourth-order valence-electron chi connectivity index (χ4n) is 3.26. The van der Waals surface area contributed by atoms with Crippen LogP contribution < -0.4 is 10.6 Å². The number of pyridine rings is 1. The number of aryl methyl sites for hydroxylation is 1. The van der Waals surface area contributed by atoms with Crippen molar-refractivity contribution in [2.45, 2.75) is 33.1 Å². The van der Waals surface area contributed by atoms with E-state index in [1.165, 1.54) is 5.56 Å². The van der Waals surface area contributed by atoms with Crippen molar-refractivity contribution in [3.05, 3.63) is 35.8 Å². The van der Waals surface area contributed by atoms with Crippen molar-refractivity contribution < 1.29 is 0 Å². The molecule has 0 bridgehead atoms. The van der Waals surface area contributed by atoms with Gasteiger partial charge in [-0.25, -0.2) is 9.97 Å². The highest BCUT2D eigenvalue weighted by Gasteiger charge is 2.22. The van der Waals surface area contributed by atoms with E-state index < -0.39 is 0 Å². The third-order valence-corrected chi connectivity index (χ3v) is 4.71. The maximum absolute atomic E-state index is 5.82. The Hall–Kier alpha value is -2.01. The lowest BCUT2D eigenvalue weighted by molar-refractivity contribution is 0.412. The molecule has 0 saturated carbocycles. The number of rotatable bonds is 4. The first-order valence-electron chi connectivity index (χ1n) is 8.45. The highest BCUT2D eigenvalue weighted by Crippen LogP contribution is 2.28. The lowest BCUT2D eigenvalue weighted by atomic mass is 9.96. The summed E-state index contributed by atoms with van der Waals surface area (Å²) in [4.78, 5) is 16.2. The lowest BCUT2D eigenvalue weighted by Gasteiger charge is -2.33. The lowest BCUT2D eigenvalue weighted by Crippen LogP contribution is -2.37. The summed E-state index contributed by atoms with van der Waals surface area (Å²) in [5, 5.41) is 0. The predicted octanol–water partition coefficient (Wildman–Crippen LogP) is 2.58. The van der Waals surface area contributed by atoms with Crippen molar-refractivity contribution in [3.63, 3.8) is 0 Å². The molecule has 5 heteroatoms. The molecular weight excluding hydrogens is 286 g/mol. The van der Waals surface area contributed by atoms with E-state index in [0.29, 0.717) is 5.92 Å². The minimum Gasteiger partial charge on any atom is -0.356 e. The number of anilines is 1. The van der Waals surface area contributed by atoms with Crippen LogP contribution in [0.15, 0.2) is 24.5 Å². The van der Waals surface area contributed by atoms with Gasteiger partial charge in [0.2, 0.25) is 0 Å². The van der Waals surface area contributed by atoms with Gasteiger partial charge in [-0.05, 0) is 50.8 Å². The number of nitrogens with zero attached hydrogens (tertiary/aromatic N) is 4. The summed E-state index contributed by atoms with van der Waals surface area (Å²) in [6.07, 6.45) is 6.83. The molecule has 2 aromatic rings. The highest BCUT2D eigenvalue weighted by molar-refractivity contribution is 5.60. The Labute approximate surface area is 138 Å². The molecule has 0 radical (unpaired) electrons. The molecule has 23 heavy (non-hydrogen) atoms. The first-order valence-corrected chi connectivity index (χ1v) is 8.45. The van der Waals surface area contributed by atoms with Crippen molar-refractivity contribution >= 4 is 5.82 Å². The molecule has 1 aliphatic rings. The zero-order valence-corrected chi connectivity index (χ0v) is 14.0. The Morgan fingerprint density at radius 3 is 2.65 bits per heavy atom. The third kappa shape index (κ3) is 3.34. The Morgan fingerprint density at radius 1 is 1.26 bits per heavy atom. The van der Waals surface area contributed by atoms with Crippen molar-refractivity contribution in [3.8, 4) is 11.4 Å². The molecule has 0 aliphatic carbocycles. The van der Waals surface area contributed by atoms with Gasteiger partial charge in [0.25, 0.3) is 0 Å². The predicted molar refractivity (Wildman–Crippen MR) is 93.4 cm³/mol. The fourth-order valence-corrected chi connectivity index (χ4v) is 3.26. The molecule has 0 atom stereocenters. The summed E-state index contributed by atoms with van der Waals surface area (Å²) in [5.74, 6) is 2.51. The van der Waals surface area contributed by atoms with Crippen LogP contribution >= 0.6 is 0 Å². The molecule has 5 nitrogen and oxygen atoms in total. The van der Waals surface area contributed by atoms with Gasteiger partial charge >= 0.3 is 0 Å². The molecule has 2 N–H and O–H groups in total. The SMILES string of the molecule is CCc1c(C)nc(-c2cccnc2)nc1N1CCC(CN)CC1. The minimum atomic E-state index is 0.650. The number of aromatic nitrogens is 3. The van der Waals surface area contributed by atoms with E-state index in [4.69, 9.17) is 15.7 Å². The van der Waals surface area contributed by atoms with Gasteiger partial charge in [0.15, 0.2) is 5.82 Å². The Kier molecular flexibility index (Phi) is 4.86. The zero-order chi connectivity index (χ0) is 16.2. The molecule has 2 aromatic heterocycles. The number of hydrogen-bond acceptors (Lipinski definition) is 5. The van der Waals surface area contributed by atoms with Crippen LogP contribution in [0.5, 0.6) is 0 Å². The van der Waals surface area contributed by atoms with E-state index in [1.807, 2.05) is 18.3 Å². The maximum atomic E-state index is 5.82. The van der Waals surface area contributed by atoms with Crippen LogP contribution in [-0.2, 0) is 6.42 Å². The van der Waals surface area contributed by atoms with Crippen LogP contribution in [0.4, 0.5) is 5.82 Å². The molecule has 3 heterocycles. The number of hydrogen-bond donors (Lipinski definition) is 1. The molecule has 1 fully saturated rings. The van der Waals surface area contributed by atoms with Crippen molar-refractivity contribution in [2.75, 3.05) is 24.5 Å². The van der Waals surface area contributed by atoms with Crippen LogP contribution in [0.3, 0.4) is 0 Å². The van der Waals surface area contributed by atoms with Gasteiger partial charge < -0.3 is 10.6 Å². The van der Waals surface area contributed by atoms with Crippen LogP contribution in [0.2, 0.25) is 0 Å². The second-order valence-electron chi connectivity index (χ2n) is 6.20.